The number of aromatic nitrogens is 4. The smallest absolute Gasteiger partial charge is 0.361 e. The minimum Gasteiger partial charge on any atom is -0.477 e. The van der Waals surface area contributed by atoms with Gasteiger partial charge >= 0.3 is 18.0 Å². The lowest BCUT2D eigenvalue weighted by atomic mass is 10.0. The number of carboxylic acid groups (broad SMARTS) is 1. The van der Waals surface area contributed by atoms with Gasteiger partial charge in [-0.05, 0) is 21.6 Å². The number of rotatable bonds is 9. The quantitative estimate of drug-likeness (QED) is 0.148. The van der Waals surface area contributed by atoms with E-state index in [2.05, 4.69) is 36.5 Å². The summed E-state index contributed by atoms with van der Waals surface area (Å²) in [5, 5.41) is 29.5. The number of amides is 4. The van der Waals surface area contributed by atoms with E-state index >= 15 is 0 Å². The van der Waals surface area contributed by atoms with Gasteiger partial charge in [0.2, 0.25) is 11.1 Å². The number of aryl methyl sites for hydroxylation is 1. The number of hydrogen-bond donors (Lipinski definition) is 4. The molecule has 2 fully saturated rings. The van der Waals surface area contributed by atoms with E-state index in [9.17, 15) is 29.1 Å². The third-order valence-electron chi connectivity index (χ3n) is 7.27. The van der Waals surface area contributed by atoms with E-state index < -0.39 is 53.5 Å². The molecule has 5 heterocycles. The molecule has 1 aromatic carbocycles. The fourth-order valence-electron chi connectivity index (χ4n) is 5.07. The zero-order chi connectivity index (χ0) is 31.7. The lowest BCUT2D eigenvalue weighted by molar-refractivity contribution is -0.151. The molecule has 4 amide bonds. The average Bonchev–Trinajstić information content (AvgIpc) is 3.79. The van der Waals surface area contributed by atoms with E-state index in [0.717, 1.165) is 0 Å². The molecule has 6 rings (SSSR count). The third-order valence-corrected chi connectivity index (χ3v) is 9.71. The maximum absolute atomic E-state index is 13.7. The number of tetrazole rings is 1. The number of aliphatic carboxylic acids is 1. The fraction of sp³-hybridized carbons (Fsp3) is 0.346. The number of carboxylic acids is 1. The fourth-order valence-corrected chi connectivity index (χ4v) is 7.40. The van der Waals surface area contributed by atoms with E-state index in [1.165, 1.54) is 50.3 Å². The van der Waals surface area contributed by atoms with Crippen LogP contribution < -0.4 is 16.0 Å². The van der Waals surface area contributed by atoms with Crippen LogP contribution >= 0.6 is 23.5 Å². The Morgan fingerprint density at radius 1 is 1.27 bits per heavy atom. The maximum atomic E-state index is 13.7. The number of β-lactam (4-membered cyclic amide) rings is 1. The number of nitrogens with one attached hydrogen (secondary N) is 3. The van der Waals surface area contributed by atoms with Crippen molar-refractivity contribution in [3.8, 4) is 0 Å². The molecule has 0 bridgehead atoms. The molecule has 2 unspecified atom stereocenters. The van der Waals surface area contributed by atoms with Crippen molar-refractivity contribution in [3.05, 3.63) is 59.5 Å². The summed E-state index contributed by atoms with van der Waals surface area (Å²) in [6.07, 6.45) is 1.73. The Bertz CT molecular complexity index is 1640. The van der Waals surface area contributed by atoms with Crippen molar-refractivity contribution in [3.63, 3.8) is 0 Å². The van der Waals surface area contributed by atoms with Crippen LogP contribution in [0.5, 0.6) is 0 Å². The predicted molar refractivity (Wildman–Crippen MR) is 158 cm³/mol. The summed E-state index contributed by atoms with van der Waals surface area (Å²) in [6, 6.07) is 5.67. The van der Waals surface area contributed by atoms with Gasteiger partial charge in [-0.15, -0.1) is 16.9 Å². The van der Waals surface area contributed by atoms with Crippen LogP contribution in [-0.4, -0.2) is 113 Å². The number of cyclic esters (lactones) is 1. The lowest BCUT2D eigenvalue weighted by Gasteiger charge is -2.49. The van der Waals surface area contributed by atoms with E-state index in [4.69, 9.17) is 4.74 Å². The molecular formula is C26H26N10O7S2. The minimum atomic E-state index is -1.25. The third kappa shape index (κ3) is 6.00. The van der Waals surface area contributed by atoms with Crippen molar-refractivity contribution in [1.29, 1.82) is 0 Å². The highest BCUT2D eigenvalue weighted by atomic mass is 32.2. The van der Waals surface area contributed by atoms with Crippen molar-refractivity contribution in [2.75, 3.05) is 24.6 Å². The molecule has 0 aliphatic carbocycles. The highest BCUT2D eigenvalue weighted by molar-refractivity contribution is 8.01. The number of carbonyl (C=O) groups is 5. The van der Waals surface area contributed by atoms with Crippen LogP contribution in [0.1, 0.15) is 11.6 Å². The number of aliphatic imine (C=N–C) groups is 1. The molecule has 0 saturated carbocycles. The number of hydrogen-bond acceptors (Lipinski definition) is 13. The normalized spacial score (nSPS) is 23.9. The number of esters is 1. The first-order valence-electron chi connectivity index (χ1n) is 13.6. The summed E-state index contributed by atoms with van der Waals surface area (Å²) in [4.78, 5) is 71.2. The van der Waals surface area contributed by atoms with Gasteiger partial charge in [-0.1, -0.05) is 42.1 Å². The molecule has 19 heteroatoms. The first-order chi connectivity index (χ1) is 21.7. The van der Waals surface area contributed by atoms with Gasteiger partial charge in [0, 0.05) is 37.7 Å². The van der Waals surface area contributed by atoms with Crippen LogP contribution in [0.25, 0.3) is 0 Å². The second-order valence-corrected chi connectivity index (χ2v) is 12.1. The van der Waals surface area contributed by atoms with Gasteiger partial charge in [-0.25, -0.2) is 24.1 Å². The number of nitrogens with zero attached hydrogens (tertiary/aromatic N) is 7. The Morgan fingerprint density at radius 3 is 2.76 bits per heavy atom. The summed E-state index contributed by atoms with van der Waals surface area (Å²) in [5.41, 5.74) is 0.914. The summed E-state index contributed by atoms with van der Waals surface area (Å²) >= 11 is 2.58. The molecular weight excluding hydrogens is 628 g/mol. The molecule has 1 aromatic heterocycles. The standard InChI is InChI=1S/C26H26N10O7S2/c1-34-26(31-32-33-34)45-12-14-11-44-21-17(20(38)36(21)18(14)22(39)40)29-19(37)16(13-5-3-2-4-6-13)30-25(42)35-9-8-27-24(35)28-15-7-10-43-23(15)41/h2-7,10,16-17,21,24,27H,8-9,11-12H2,1H3,(H,29,37)(H,30,42)(H,39,40)/t16-,17?,21-,24?/m1/s1. The monoisotopic (exact) mass is 654 g/mol. The zero-order valence-electron chi connectivity index (χ0n) is 23.5. The van der Waals surface area contributed by atoms with Gasteiger partial charge in [0.1, 0.15) is 28.9 Å². The zero-order valence-corrected chi connectivity index (χ0v) is 25.2. The van der Waals surface area contributed by atoms with Crippen LogP contribution in [0, 0.1) is 0 Å². The Balaban J connectivity index is 1.16. The van der Waals surface area contributed by atoms with Gasteiger partial charge in [-0.3, -0.25) is 24.7 Å². The maximum Gasteiger partial charge on any atom is 0.361 e. The summed E-state index contributed by atoms with van der Waals surface area (Å²) < 4.78 is 6.22. The minimum absolute atomic E-state index is 0.0461. The number of thioether (sulfide) groups is 2. The molecule has 4 aliphatic rings. The number of carbonyl (C=O) groups excluding carboxylic acids is 4. The average molecular weight is 655 g/mol. The topological polar surface area (TPSA) is 213 Å². The molecule has 0 spiro atoms. The van der Waals surface area contributed by atoms with Crippen LogP contribution in [0.2, 0.25) is 0 Å². The van der Waals surface area contributed by atoms with Crippen LogP contribution in [0.3, 0.4) is 0 Å². The van der Waals surface area contributed by atoms with Gasteiger partial charge in [0.05, 0.1) is 6.26 Å². The molecule has 45 heavy (non-hydrogen) atoms. The summed E-state index contributed by atoms with van der Waals surface area (Å²) in [6.45, 7) is 0.651. The summed E-state index contributed by atoms with van der Waals surface area (Å²) in [7, 11) is 1.66. The Hall–Kier alpha value is -4.75. The Morgan fingerprint density at radius 2 is 2.07 bits per heavy atom. The molecule has 4 atom stereocenters. The number of ether oxygens (including phenoxy) is 1. The molecule has 2 aromatic rings. The van der Waals surface area contributed by atoms with Gasteiger partial charge in [-0.2, -0.15) is 0 Å². The summed E-state index contributed by atoms with van der Waals surface area (Å²) in [5.74, 6) is -2.54. The Kier molecular flexibility index (Phi) is 8.55. The van der Waals surface area contributed by atoms with Crippen molar-refractivity contribution in [2.24, 2.45) is 12.0 Å². The van der Waals surface area contributed by atoms with E-state index in [0.29, 0.717) is 28.6 Å². The highest BCUT2D eigenvalue weighted by Crippen LogP contribution is 2.41. The van der Waals surface area contributed by atoms with Crippen molar-refractivity contribution in [1.82, 2.24) is 46.0 Å². The first-order valence-corrected chi connectivity index (χ1v) is 15.6. The van der Waals surface area contributed by atoms with E-state index in [1.807, 2.05) is 0 Å². The highest BCUT2D eigenvalue weighted by Gasteiger charge is 2.54. The van der Waals surface area contributed by atoms with Crippen LogP contribution in [0.4, 0.5) is 4.79 Å². The lowest BCUT2D eigenvalue weighted by Crippen LogP contribution is -2.71. The van der Waals surface area contributed by atoms with E-state index in [-0.39, 0.29) is 23.7 Å². The van der Waals surface area contributed by atoms with Gasteiger partial charge in [0.15, 0.2) is 6.29 Å². The molecule has 2 saturated heterocycles. The van der Waals surface area contributed by atoms with Gasteiger partial charge < -0.3 is 20.5 Å². The molecule has 17 nitrogen and oxygen atoms in total. The van der Waals surface area contributed by atoms with Crippen LogP contribution in [0.15, 0.2) is 64.1 Å². The SMILES string of the molecule is Cn1nnnc1SCC1=C(C(=O)O)N2C(=O)C(NC(=O)[C@H](NC(=O)N3CCNC3N=C3C=COC3=O)c3ccccc3)[C@H]2SC1. The second kappa shape index (κ2) is 12.7. The Labute approximate surface area is 263 Å². The second-order valence-electron chi connectivity index (χ2n) is 10.1. The number of benzene rings is 1. The first kappa shape index (κ1) is 30.3. The molecule has 234 valence electrons. The van der Waals surface area contributed by atoms with Crippen molar-refractivity contribution >= 4 is 59.0 Å². The van der Waals surface area contributed by atoms with Crippen LogP contribution in [-0.2, 0) is 31.0 Å². The largest absolute Gasteiger partial charge is 0.477 e. The number of fused-ring (bicyclic) bond motifs is 1. The van der Waals surface area contributed by atoms with Crippen molar-refractivity contribution < 1.29 is 33.8 Å². The molecule has 0 radical (unpaired) electrons. The van der Waals surface area contributed by atoms with Gasteiger partial charge in [0.25, 0.3) is 5.91 Å². The predicted octanol–water partition coefficient (Wildman–Crippen LogP) is -0.808. The molecule has 4 aliphatic heterocycles. The molecule has 4 N–H and O–H groups in total. The number of urea groups is 1. The van der Waals surface area contributed by atoms with Crippen molar-refractivity contribution in [2.45, 2.75) is 28.9 Å². The van der Waals surface area contributed by atoms with E-state index in [1.54, 1.807) is 37.4 Å².